The first-order valence-electron chi connectivity index (χ1n) is 11.0. The Kier molecular flexibility index (Phi) is 9.54. The molecule has 3 amide bonds. The molecule has 0 atom stereocenters. The summed E-state index contributed by atoms with van der Waals surface area (Å²) in [7, 11) is 0. The van der Waals surface area contributed by atoms with E-state index in [1.165, 1.54) is 0 Å². The van der Waals surface area contributed by atoms with E-state index in [1.807, 2.05) is 38.1 Å². The summed E-state index contributed by atoms with van der Waals surface area (Å²) in [6, 6.07) is 19.2. The molecule has 0 aromatic heterocycles. The summed E-state index contributed by atoms with van der Waals surface area (Å²) in [5, 5.41) is 5.13. The Balaban J connectivity index is 1.43. The summed E-state index contributed by atoms with van der Waals surface area (Å²) < 4.78 is 6.26. The van der Waals surface area contributed by atoms with E-state index in [9.17, 15) is 14.4 Å². The van der Waals surface area contributed by atoms with Gasteiger partial charge in [0, 0.05) is 16.8 Å². The van der Waals surface area contributed by atoms with Gasteiger partial charge in [-0.25, -0.2) is 0 Å². The topological polar surface area (TPSA) is 109 Å². The van der Waals surface area contributed by atoms with Crippen molar-refractivity contribution in [2.75, 3.05) is 11.9 Å². The fourth-order valence-electron chi connectivity index (χ4n) is 3.10. The zero-order valence-corrected chi connectivity index (χ0v) is 22.1. The van der Waals surface area contributed by atoms with Crippen molar-refractivity contribution in [1.29, 1.82) is 0 Å². The highest BCUT2D eigenvalue weighted by molar-refractivity contribution is 9.10. The van der Waals surface area contributed by atoms with Gasteiger partial charge in [0.15, 0.2) is 11.7 Å². The van der Waals surface area contributed by atoms with Crippen LogP contribution in [0.4, 0.5) is 5.69 Å². The third-order valence-electron chi connectivity index (χ3n) is 4.99. The van der Waals surface area contributed by atoms with E-state index in [0.717, 1.165) is 22.0 Å². The first-order chi connectivity index (χ1) is 17.2. The Morgan fingerprint density at radius 2 is 1.67 bits per heavy atom. The van der Waals surface area contributed by atoms with E-state index < -0.39 is 11.8 Å². The molecule has 186 valence electrons. The van der Waals surface area contributed by atoms with Gasteiger partial charge in [-0.2, -0.15) is 0 Å². The van der Waals surface area contributed by atoms with Gasteiger partial charge in [0.25, 0.3) is 17.7 Å². The first kappa shape index (κ1) is 26.8. The Bertz CT molecular complexity index is 1280. The van der Waals surface area contributed by atoms with Gasteiger partial charge in [-0.3, -0.25) is 30.6 Å². The zero-order chi connectivity index (χ0) is 26.1. The lowest BCUT2D eigenvalue weighted by Crippen LogP contribution is -2.49. The van der Waals surface area contributed by atoms with E-state index in [1.54, 1.807) is 42.5 Å². The number of anilines is 1. The molecule has 3 aromatic carbocycles. The highest BCUT2D eigenvalue weighted by Gasteiger charge is 2.11. The average molecular weight is 569 g/mol. The molecule has 0 spiro atoms. The van der Waals surface area contributed by atoms with Crippen LogP contribution >= 0.6 is 28.1 Å². The molecule has 0 radical (unpaired) electrons. The van der Waals surface area contributed by atoms with Crippen LogP contribution in [0.2, 0.25) is 0 Å². The molecule has 0 heterocycles. The zero-order valence-electron chi connectivity index (χ0n) is 19.7. The molecule has 0 unspecified atom stereocenters. The number of halogens is 1. The summed E-state index contributed by atoms with van der Waals surface area (Å²) in [4.78, 5) is 36.8. The molecule has 3 aromatic rings. The monoisotopic (exact) mass is 568 g/mol. The summed E-state index contributed by atoms with van der Waals surface area (Å²) in [5.41, 5.74) is 8.43. The Hall–Kier alpha value is -3.76. The smallest absolute Gasteiger partial charge is 0.269 e. The number of amides is 3. The van der Waals surface area contributed by atoms with E-state index >= 15 is 0 Å². The van der Waals surface area contributed by atoms with Gasteiger partial charge in [0.2, 0.25) is 0 Å². The first-order valence-corrected chi connectivity index (χ1v) is 12.2. The summed E-state index contributed by atoms with van der Waals surface area (Å²) in [6.45, 7) is 3.70. The van der Waals surface area contributed by atoms with Crippen LogP contribution in [0.5, 0.6) is 5.75 Å². The number of hydrogen-bond donors (Lipinski definition) is 4. The highest BCUT2D eigenvalue weighted by Crippen LogP contribution is 2.26. The van der Waals surface area contributed by atoms with Crippen LogP contribution in [0.15, 0.2) is 71.2 Å². The number of nitrogens with one attached hydrogen (secondary N) is 4. The third kappa shape index (κ3) is 7.89. The van der Waals surface area contributed by atoms with Crippen LogP contribution in [0, 0.1) is 6.92 Å². The molecule has 0 saturated heterocycles. The van der Waals surface area contributed by atoms with Gasteiger partial charge in [-0.1, -0.05) is 30.7 Å². The van der Waals surface area contributed by atoms with Gasteiger partial charge in [-0.05, 0) is 95.6 Å². The molecule has 3 rings (SSSR count). The third-order valence-corrected chi connectivity index (χ3v) is 5.81. The second-order valence-corrected chi connectivity index (χ2v) is 9.03. The highest BCUT2D eigenvalue weighted by atomic mass is 79.9. The largest absolute Gasteiger partial charge is 0.483 e. The van der Waals surface area contributed by atoms with Crippen LogP contribution in [0.25, 0.3) is 0 Å². The van der Waals surface area contributed by atoms with Gasteiger partial charge < -0.3 is 10.1 Å². The van der Waals surface area contributed by atoms with Crippen molar-refractivity contribution in [3.63, 3.8) is 0 Å². The van der Waals surface area contributed by atoms with Crippen molar-refractivity contribution < 1.29 is 19.1 Å². The molecule has 36 heavy (non-hydrogen) atoms. The van der Waals surface area contributed by atoms with Crippen LogP contribution < -0.4 is 26.2 Å². The second-order valence-electron chi connectivity index (χ2n) is 7.76. The average Bonchev–Trinajstić information content (AvgIpc) is 2.87. The lowest BCUT2D eigenvalue weighted by atomic mass is 10.1. The number of carbonyl (C=O) groups is 3. The number of hydrazine groups is 1. The van der Waals surface area contributed by atoms with E-state index in [-0.39, 0.29) is 17.6 Å². The van der Waals surface area contributed by atoms with Gasteiger partial charge in [0.05, 0.1) is 4.47 Å². The standard InChI is InChI=1S/C26H25BrN4O4S/c1-3-17-7-12-22(21(27)14-17)35-15-23(32)29-26(36)31-30-25(34)18-8-10-20(11-9-18)28-24(33)19-6-4-5-16(2)13-19/h4-14H,3,15H2,1-2H3,(H,28,33)(H,30,34)(H2,29,31,32,36). The summed E-state index contributed by atoms with van der Waals surface area (Å²) in [5.74, 6) is -0.665. The SMILES string of the molecule is CCc1ccc(OCC(=O)NC(=S)NNC(=O)c2ccc(NC(=O)c3cccc(C)c3)cc2)c(Br)c1. The number of aryl methyl sites for hydroxylation is 2. The van der Waals surface area contributed by atoms with Crippen LogP contribution in [0.3, 0.4) is 0 Å². The molecular formula is C26H25BrN4O4S. The molecule has 4 N–H and O–H groups in total. The Labute approximate surface area is 222 Å². The number of hydrogen-bond acceptors (Lipinski definition) is 5. The quantitative estimate of drug-likeness (QED) is 0.250. The van der Waals surface area contributed by atoms with Crippen LogP contribution in [-0.2, 0) is 11.2 Å². The lowest BCUT2D eigenvalue weighted by molar-refractivity contribution is -0.121. The maximum absolute atomic E-state index is 12.4. The number of ether oxygens (including phenoxy) is 1. The summed E-state index contributed by atoms with van der Waals surface area (Å²) in [6.07, 6.45) is 0.889. The normalized spacial score (nSPS) is 10.2. The molecule has 0 aliphatic heterocycles. The number of carbonyl (C=O) groups excluding carboxylic acids is 3. The fourth-order valence-corrected chi connectivity index (χ4v) is 3.80. The minimum atomic E-state index is -0.484. The predicted octanol–water partition coefficient (Wildman–Crippen LogP) is 4.29. The lowest BCUT2D eigenvalue weighted by Gasteiger charge is -2.12. The second kappa shape index (κ2) is 12.8. The molecule has 8 nitrogen and oxygen atoms in total. The maximum atomic E-state index is 12.4. The van der Waals surface area contributed by atoms with Crippen molar-refractivity contribution in [3.05, 3.63) is 93.5 Å². The van der Waals surface area contributed by atoms with E-state index in [4.69, 9.17) is 17.0 Å². The maximum Gasteiger partial charge on any atom is 0.269 e. The van der Waals surface area contributed by atoms with Crippen molar-refractivity contribution in [3.8, 4) is 5.75 Å². The molecular weight excluding hydrogens is 544 g/mol. The van der Waals surface area contributed by atoms with E-state index in [0.29, 0.717) is 22.6 Å². The molecule has 10 heteroatoms. The van der Waals surface area contributed by atoms with Crippen molar-refractivity contribution in [2.45, 2.75) is 20.3 Å². The molecule has 0 aliphatic carbocycles. The predicted molar refractivity (Wildman–Crippen MR) is 146 cm³/mol. The molecule has 0 saturated carbocycles. The number of rotatable bonds is 7. The van der Waals surface area contributed by atoms with E-state index in [2.05, 4.69) is 37.4 Å². The van der Waals surface area contributed by atoms with Crippen LogP contribution in [0.1, 0.15) is 38.8 Å². The molecule has 0 aliphatic rings. The Morgan fingerprint density at radius 3 is 2.33 bits per heavy atom. The number of thiocarbonyl (C=S) groups is 1. The summed E-state index contributed by atoms with van der Waals surface area (Å²) >= 11 is 8.46. The minimum absolute atomic E-state index is 0.0839. The van der Waals surface area contributed by atoms with Gasteiger partial charge in [0.1, 0.15) is 5.75 Å². The van der Waals surface area contributed by atoms with Crippen LogP contribution in [-0.4, -0.2) is 29.4 Å². The fraction of sp³-hybridized carbons (Fsp3) is 0.154. The van der Waals surface area contributed by atoms with Gasteiger partial charge in [-0.15, -0.1) is 0 Å². The van der Waals surface area contributed by atoms with Crippen molar-refractivity contribution >= 4 is 56.7 Å². The molecule has 0 fully saturated rings. The van der Waals surface area contributed by atoms with Crippen molar-refractivity contribution in [2.24, 2.45) is 0 Å². The number of benzene rings is 3. The minimum Gasteiger partial charge on any atom is -0.483 e. The Morgan fingerprint density at radius 1 is 0.917 bits per heavy atom. The van der Waals surface area contributed by atoms with Crippen molar-refractivity contribution in [1.82, 2.24) is 16.2 Å². The molecule has 0 bridgehead atoms. The van der Waals surface area contributed by atoms with Gasteiger partial charge >= 0.3 is 0 Å².